The zero-order valence-corrected chi connectivity index (χ0v) is 13.4. The van der Waals surface area contributed by atoms with Gasteiger partial charge in [-0.25, -0.2) is 0 Å². The fourth-order valence-corrected chi connectivity index (χ4v) is 3.05. The van der Waals surface area contributed by atoms with Crippen molar-refractivity contribution in [3.8, 4) is 0 Å². The fraction of sp³-hybridized carbons (Fsp3) is 0.200. The van der Waals surface area contributed by atoms with Gasteiger partial charge in [-0.2, -0.15) is 0 Å². The summed E-state index contributed by atoms with van der Waals surface area (Å²) in [6.07, 6.45) is 1.71. The number of thiol groups is 1. The lowest BCUT2D eigenvalue weighted by atomic mass is 10.0. The number of hydrogen-bond donors (Lipinski definition) is 3. The van der Waals surface area contributed by atoms with Crippen LogP contribution < -0.4 is 10.2 Å². The molecule has 1 atom stereocenters. The Balaban J connectivity index is 1.99. The van der Waals surface area contributed by atoms with E-state index in [1.807, 2.05) is 17.0 Å². The summed E-state index contributed by atoms with van der Waals surface area (Å²) in [6.45, 7) is 1.94. The Morgan fingerprint density at radius 3 is 2.91 bits per heavy atom. The van der Waals surface area contributed by atoms with Crippen molar-refractivity contribution in [2.45, 2.75) is 19.0 Å². The van der Waals surface area contributed by atoms with Crippen molar-refractivity contribution in [2.24, 2.45) is 0 Å². The number of H-pyrrole nitrogens is 1. The maximum atomic E-state index is 11.9. The smallest absolute Gasteiger partial charge is 0.272 e. The largest absolute Gasteiger partial charge is 0.355 e. The van der Waals surface area contributed by atoms with Gasteiger partial charge >= 0.3 is 0 Å². The zero-order chi connectivity index (χ0) is 15.9. The molecular formula is C15H14ClN3O2S. The number of aromatic nitrogens is 1. The van der Waals surface area contributed by atoms with E-state index in [9.17, 15) is 9.59 Å². The van der Waals surface area contributed by atoms with Gasteiger partial charge in [0.05, 0.1) is 5.69 Å². The van der Waals surface area contributed by atoms with Crippen LogP contribution in [0, 0.1) is 0 Å². The van der Waals surface area contributed by atoms with E-state index >= 15 is 0 Å². The van der Waals surface area contributed by atoms with Crippen molar-refractivity contribution < 1.29 is 9.59 Å². The summed E-state index contributed by atoms with van der Waals surface area (Å²) in [5.41, 5.74) is 2.18. The molecule has 2 N–H and O–H groups in total. The second-order valence-electron chi connectivity index (χ2n) is 5.07. The average Bonchev–Trinajstić information content (AvgIpc) is 2.94. The van der Waals surface area contributed by atoms with E-state index in [4.69, 9.17) is 11.6 Å². The van der Waals surface area contributed by atoms with Crippen LogP contribution in [0.25, 0.3) is 0 Å². The molecule has 7 heteroatoms. The Bertz CT molecular complexity index is 759. The minimum atomic E-state index is -0.466. The first-order valence-corrected chi connectivity index (χ1v) is 7.59. The summed E-state index contributed by atoms with van der Waals surface area (Å²) in [6, 6.07) is 7.05. The van der Waals surface area contributed by atoms with Gasteiger partial charge in [-0.05, 0) is 30.7 Å². The summed E-state index contributed by atoms with van der Waals surface area (Å²) >= 11 is 10.4. The molecule has 1 aromatic carbocycles. The minimum Gasteiger partial charge on any atom is -0.355 e. The van der Waals surface area contributed by atoms with Crippen molar-refractivity contribution in [3.05, 3.63) is 52.3 Å². The standard InChI is InChI=1S/C15H14ClN3O2S/c1-8(20)11-6-10(16)3-2-9(11)7-19-12-4-5-17-13(12)14(21)18-15(19)22/h2-6,15,17,22H,7H2,1H3,(H,18,21). The molecule has 1 aliphatic rings. The number of rotatable bonds is 3. The summed E-state index contributed by atoms with van der Waals surface area (Å²) in [4.78, 5) is 28.5. The number of nitrogens with zero attached hydrogens (tertiary/aromatic N) is 1. The minimum absolute atomic E-state index is 0.0523. The van der Waals surface area contributed by atoms with Crippen LogP contribution in [0.4, 0.5) is 5.69 Å². The molecule has 1 aliphatic heterocycles. The number of amides is 1. The zero-order valence-electron chi connectivity index (χ0n) is 11.8. The van der Waals surface area contributed by atoms with Crippen LogP contribution in [-0.4, -0.2) is 22.2 Å². The Hall–Kier alpha value is -1.92. The average molecular weight is 336 g/mol. The van der Waals surface area contributed by atoms with Crippen LogP contribution in [0.15, 0.2) is 30.5 Å². The molecule has 1 aromatic heterocycles. The summed E-state index contributed by atoms with van der Waals surface area (Å²) < 4.78 is 0. The molecule has 2 aromatic rings. The first kappa shape index (κ1) is 15.0. The predicted octanol–water partition coefficient (Wildman–Crippen LogP) is 2.83. The van der Waals surface area contributed by atoms with Crippen LogP contribution in [0.2, 0.25) is 5.02 Å². The molecule has 0 spiro atoms. The van der Waals surface area contributed by atoms with Gasteiger partial charge in [0.2, 0.25) is 0 Å². The Morgan fingerprint density at radius 1 is 1.41 bits per heavy atom. The normalized spacial score (nSPS) is 17.1. The highest BCUT2D eigenvalue weighted by molar-refractivity contribution is 7.81. The molecule has 0 bridgehead atoms. The van der Waals surface area contributed by atoms with Crippen LogP contribution in [-0.2, 0) is 6.54 Å². The molecule has 0 aliphatic carbocycles. The van der Waals surface area contributed by atoms with Crippen molar-refractivity contribution in [1.82, 2.24) is 10.3 Å². The van der Waals surface area contributed by atoms with Gasteiger partial charge in [0.15, 0.2) is 5.78 Å². The lowest BCUT2D eigenvalue weighted by Crippen LogP contribution is -2.49. The quantitative estimate of drug-likeness (QED) is 0.597. The third-order valence-electron chi connectivity index (χ3n) is 3.61. The topological polar surface area (TPSA) is 65.2 Å². The Morgan fingerprint density at radius 2 is 2.18 bits per heavy atom. The number of halogens is 1. The molecule has 22 heavy (non-hydrogen) atoms. The molecule has 0 radical (unpaired) electrons. The Labute approximate surface area is 138 Å². The number of anilines is 1. The molecule has 5 nitrogen and oxygen atoms in total. The molecule has 0 saturated heterocycles. The third-order valence-corrected chi connectivity index (χ3v) is 4.25. The number of ketones is 1. The highest BCUT2D eigenvalue weighted by Crippen LogP contribution is 2.29. The molecule has 114 valence electrons. The number of hydrogen-bond acceptors (Lipinski definition) is 4. The van der Waals surface area contributed by atoms with E-state index in [-0.39, 0.29) is 11.7 Å². The van der Waals surface area contributed by atoms with Crippen molar-refractivity contribution >= 4 is 41.6 Å². The highest BCUT2D eigenvalue weighted by Gasteiger charge is 2.30. The van der Waals surface area contributed by atoms with Crippen LogP contribution >= 0.6 is 24.2 Å². The summed E-state index contributed by atoms with van der Waals surface area (Å²) in [5.74, 6) is -0.248. The molecule has 3 rings (SSSR count). The first-order valence-electron chi connectivity index (χ1n) is 6.69. The first-order chi connectivity index (χ1) is 10.5. The monoisotopic (exact) mass is 335 g/mol. The maximum Gasteiger partial charge on any atom is 0.272 e. The molecule has 1 unspecified atom stereocenters. The number of Topliss-reactive ketones (excluding diaryl/α,β-unsaturated/α-hetero) is 1. The summed E-state index contributed by atoms with van der Waals surface area (Å²) in [7, 11) is 0. The number of fused-ring (bicyclic) bond motifs is 1. The fourth-order valence-electron chi connectivity index (χ4n) is 2.55. The highest BCUT2D eigenvalue weighted by atomic mass is 35.5. The van der Waals surface area contributed by atoms with E-state index in [0.717, 1.165) is 11.3 Å². The van der Waals surface area contributed by atoms with Gasteiger partial charge in [0.1, 0.15) is 11.2 Å². The molecule has 1 amide bonds. The third kappa shape index (κ3) is 2.60. The number of carbonyl (C=O) groups excluding carboxylic acids is 2. The second kappa shape index (κ2) is 5.70. The maximum absolute atomic E-state index is 11.9. The molecule has 0 saturated carbocycles. The van der Waals surface area contributed by atoms with Crippen LogP contribution in [0.5, 0.6) is 0 Å². The SMILES string of the molecule is CC(=O)c1cc(Cl)ccc1CN1c2cc[nH]c2C(=O)NC1S. The number of nitrogens with one attached hydrogen (secondary N) is 2. The lowest BCUT2D eigenvalue weighted by Gasteiger charge is -2.35. The van der Waals surface area contributed by atoms with Gasteiger partial charge in [0.25, 0.3) is 5.91 Å². The van der Waals surface area contributed by atoms with E-state index in [0.29, 0.717) is 22.8 Å². The summed E-state index contributed by atoms with van der Waals surface area (Å²) in [5, 5.41) is 3.28. The van der Waals surface area contributed by atoms with Crippen LogP contribution in [0.1, 0.15) is 33.3 Å². The molecule has 2 heterocycles. The molecular weight excluding hydrogens is 322 g/mol. The van der Waals surface area contributed by atoms with Gasteiger partial charge in [-0.15, -0.1) is 12.6 Å². The van der Waals surface area contributed by atoms with Gasteiger partial charge in [-0.3, -0.25) is 9.59 Å². The van der Waals surface area contributed by atoms with E-state index < -0.39 is 5.50 Å². The lowest BCUT2D eigenvalue weighted by molar-refractivity contribution is 0.0936. The van der Waals surface area contributed by atoms with Gasteiger partial charge in [0, 0.05) is 23.3 Å². The van der Waals surface area contributed by atoms with E-state index in [1.54, 1.807) is 18.3 Å². The van der Waals surface area contributed by atoms with E-state index in [2.05, 4.69) is 22.9 Å². The predicted molar refractivity (Wildman–Crippen MR) is 88.7 cm³/mol. The Kier molecular flexibility index (Phi) is 3.88. The van der Waals surface area contributed by atoms with E-state index in [1.165, 1.54) is 6.92 Å². The van der Waals surface area contributed by atoms with Crippen molar-refractivity contribution in [1.29, 1.82) is 0 Å². The van der Waals surface area contributed by atoms with Gasteiger partial charge < -0.3 is 15.2 Å². The van der Waals surface area contributed by atoms with Crippen molar-refractivity contribution in [2.75, 3.05) is 4.90 Å². The second-order valence-corrected chi connectivity index (χ2v) is 6.00. The van der Waals surface area contributed by atoms with Crippen molar-refractivity contribution in [3.63, 3.8) is 0 Å². The van der Waals surface area contributed by atoms with Crippen LogP contribution in [0.3, 0.4) is 0 Å². The van der Waals surface area contributed by atoms with Gasteiger partial charge in [-0.1, -0.05) is 17.7 Å². The number of aromatic amines is 1. The number of benzene rings is 1. The molecule has 0 fully saturated rings. The number of carbonyl (C=O) groups is 2.